The van der Waals surface area contributed by atoms with E-state index in [1.807, 2.05) is 0 Å². The molecule has 0 amide bonds. The molecule has 98 valence electrons. The highest BCUT2D eigenvalue weighted by atomic mass is 16.7. The van der Waals surface area contributed by atoms with Gasteiger partial charge < -0.3 is 14.2 Å². The minimum atomic E-state index is -1.09. The third kappa shape index (κ3) is 6.13. The van der Waals surface area contributed by atoms with Crippen molar-refractivity contribution in [1.82, 2.24) is 0 Å². The number of carbonyl (C=O) groups excluding carboxylic acids is 3. The molecule has 0 spiro atoms. The van der Waals surface area contributed by atoms with Gasteiger partial charge in [-0.25, -0.2) is 4.79 Å². The Kier molecular flexibility index (Phi) is 8.17. The number of Topliss-reactive ketones (excluding diaryl/α,β-unsaturated/α-hetero) is 2. The molecule has 0 aromatic heterocycles. The lowest BCUT2D eigenvalue weighted by molar-refractivity contribution is -0.170. The minimum Gasteiger partial charge on any atom is -0.460 e. The third-order valence-electron chi connectivity index (χ3n) is 1.74. The van der Waals surface area contributed by atoms with Crippen molar-refractivity contribution in [3.05, 3.63) is 0 Å². The zero-order chi connectivity index (χ0) is 13.3. The first-order chi connectivity index (χ1) is 8.06. The SMILES string of the molecule is CCOC(=O)C(=O)CC(=O)C(OCC)OCC. The Labute approximate surface area is 100 Å². The molecule has 0 N–H and O–H groups in total. The van der Waals surface area contributed by atoms with Gasteiger partial charge in [0.2, 0.25) is 12.1 Å². The molecule has 0 heterocycles. The van der Waals surface area contributed by atoms with E-state index >= 15 is 0 Å². The fraction of sp³-hybridized carbons (Fsp3) is 0.727. The molecular formula is C11H18O6. The molecule has 0 atom stereocenters. The van der Waals surface area contributed by atoms with Crippen LogP contribution in [0, 0.1) is 0 Å². The van der Waals surface area contributed by atoms with Crippen LogP contribution in [0.3, 0.4) is 0 Å². The van der Waals surface area contributed by atoms with Gasteiger partial charge in [-0.1, -0.05) is 0 Å². The topological polar surface area (TPSA) is 78.9 Å². The Morgan fingerprint density at radius 3 is 1.88 bits per heavy atom. The van der Waals surface area contributed by atoms with E-state index in [9.17, 15) is 14.4 Å². The predicted octanol–water partition coefficient (Wildman–Crippen LogP) is 0.477. The molecule has 17 heavy (non-hydrogen) atoms. The van der Waals surface area contributed by atoms with E-state index in [1.165, 1.54) is 0 Å². The molecule has 0 aliphatic heterocycles. The fourth-order valence-electron chi connectivity index (χ4n) is 1.06. The first-order valence-electron chi connectivity index (χ1n) is 5.52. The van der Waals surface area contributed by atoms with E-state index in [4.69, 9.17) is 9.47 Å². The maximum Gasteiger partial charge on any atom is 0.375 e. The highest BCUT2D eigenvalue weighted by molar-refractivity contribution is 6.37. The van der Waals surface area contributed by atoms with Crippen molar-refractivity contribution in [2.75, 3.05) is 19.8 Å². The predicted molar refractivity (Wildman–Crippen MR) is 58.3 cm³/mol. The zero-order valence-corrected chi connectivity index (χ0v) is 10.4. The van der Waals surface area contributed by atoms with E-state index < -0.39 is 30.2 Å². The van der Waals surface area contributed by atoms with E-state index in [0.717, 1.165) is 0 Å². The van der Waals surface area contributed by atoms with Crippen LogP contribution in [-0.4, -0.2) is 43.6 Å². The average molecular weight is 246 g/mol. The molecular weight excluding hydrogens is 228 g/mol. The van der Waals surface area contributed by atoms with Crippen molar-refractivity contribution in [3.8, 4) is 0 Å². The Balaban J connectivity index is 4.29. The van der Waals surface area contributed by atoms with Crippen molar-refractivity contribution >= 4 is 17.5 Å². The van der Waals surface area contributed by atoms with Crippen LogP contribution >= 0.6 is 0 Å². The number of hydrogen-bond donors (Lipinski definition) is 0. The summed E-state index contributed by atoms with van der Waals surface area (Å²) in [4.78, 5) is 33.8. The summed E-state index contributed by atoms with van der Waals surface area (Å²) >= 11 is 0. The average Bonchev–Trinajstić information content (AvgIpc) is 2.28. The number of hydrogen-bond acceptors (Lipinski definition) is 6. The molecule has 0 rings (SSSR count). The normalized spacial score (nSPS) is 10.4. The molecule has 0 aliphatic carbocycles. The second-order valence-electron chi connectivity index (χ2n) is 3.03. The molecule has 0 saturated carbocycles. The molecule has 0 fully saturated rings. The van der Waals surface area contributed by atoms with Gasteiger partial charge in [0.15, 0.2) is 5.78 Å². The van der Waals surface area contributed by atoms with Crippen LogP contribution in [-0.2, 0) is 28.6 Å². The van der Waals surface area contributed by atoms with Crippen LogP contribution in [0.2, 0.25) is 0 Å². The highest BCUT2D eigenvalue weighted by Crippen LogP contribution is 2.02. The molecule has 0 aliphatic rings. The molecule has 0 aromatic carbocycles. The van der Waals surface area contributed by atoms with Gasteiger partial charge in [-0.15, -0.1) is 0 Å². The molecule has 0 radical (unpaired) electrons. The van der Waals surface area contributed by atoms with Gasteiger partial charge in [0.1, 0.15) is 0 Å². The second-order valence-corrected chi connectivity index (χ2v) is 3.03. The van der Waals surface area contributed by atoms with Gasteiger partial charge in [-0.05, 0) is 20.8 Å². The first kappa shape index (κ1) is 15.7. The van der Waals surface area contributed by atoms with Crippen LogP contribution in [0.1, 0.15) is 27.2 Å². The number of ether oxygens (including phenoxy) is 3. The Hall–Kier alpha value is -1.27. The highest BCUT2D eigenvalue weighted by Gasteiger charge is 2.25. The summed E-state index contributed by atoms with van der Waals surface area (Å²) in [7, 11) is 0. The summed E-state index contributed by atoms with van der Waals surface area (Å²) in [5, 5.41) is 0. The first-order valence-corrected chi connectivity index (χ1v) is 5.52. The van der Waals surface area contributed by atoms with E-state index in [0.29, 0.717) is 0 Å². The van der Waals surface area contributed by atoms with E-state index in [1.54, 1.807) is 20.8 Å². The summed E-state index contributed by atoms with van der Waals surface area (Å²) in [6.45, 7) is 5.64. The van der Waals surface area contributed by atoms with E-state index in [2.05, 4.69) is 4.74 Å². The van der Waals surface area contributed by atoms with Crippen molar-refractivity contribution in [2.45, 2.75) is 33.5 Å². The number of rotatable bonds is 9. The van der Waals surface area contributed by atoms with Gasteiger partial charge in [0.05, 0.1) is 13.0 Å². The quantitative estimate of drug-likeness (QED) is 0.255. The molecule has 6 heteroatoms. The van der Waals surface area contributed by atoms with Gasteiger partial charge in [0, 0.05) is 13.2 Å². The summed E-state index contributed by atoms with van der Waals surface area (Å²) in [5.41, 5.74) is 0. The Morgan fingerprint density at radius 2 is 1.47 bits per heavy atom. The van der Waals surface area contributed by atoms with Gasteiger partial charge in [-0.2, -0.15) is 0 Å². The molecule has 0 bridgehead atoms. The Bertz CT molecular complexity index is 267. The summed E-state index contributed by atoms with van der Waals surface area (Å²) in [6.07, 6.45) is -1.66. The van der Waals surface area contributed by atoms with Crippen molar-refractivity contribution in [1.29, 1.82) is 0 Å². The summed E-state index contributed by atoms with van der Waals surface area (Å²) < 4.78 is 14.5. The lowest BCUT2D eigenvalue weighted by atomic mass is 10.2. The van der Waals surface area contributed by atoms with Crippen LogP contribution in [0.15, 0.2) is 0 Å². The third-order valence-corrected chi connectivity index (χ3v) is 1.74. The largest absolute Gasteiger partial charge is 0.460 e. The monoisotopic (exact) mass is 246 g/mol. The maximum atomic E-state index is 11.6. The summed E-state index contributed by atoms with van der Waals surface area (Å²) in [6, 6.07) is 0. The smallest absolute Gasteiger partial charge is 0.375 e. The maximum absolute atomic E-state index is 11.6. The van der Waals surface area contributed by atoms with Crippen LogP contribution in [0.4, 0.5) is 0 Å². The standard InChI is InChI=1S/C11H18O6/c1-4-15-10(14)8(12)7-9(13)11(16-5-2)17-6-3/h11H,4-7H2,1-3H3. The fourth-order valence-corrected chi connectivity index (χ4v) is 1.06. The van der Waals surface area contributed by atoms with Gasteiger partial charge in [0.25, 0.3) is 0 Å². The van der Waals surface area contributed by atoms with Crippen LogP contribution in [0.5, 0.6) is 0 Å². The number of carbonyl (C=O) groups is 3. The van der Waals surface area contributed by atoms with Gasteiger partial charge in [-0.3, -0.25) is 9.59 Å². The molecule has 0 unspecified atom stereocenters. The second kappa shape index (κ2) is 8.83. The number of esters is 1. The summed E-state index contributed by atoms with van der Waals surface area (Å²) in [5.74, 6) is -2.47. The van der Waals surface area contributed by atoms with Crippen molar-refractivity contribution in [3.63, 3.8) is 0 Å². The zero-order valence-electron chi connectivity index (χ0n) is 10.4. The minimum absolute atomic E-state index is 0.0963. The number of ketones is 2. The molecule has 6 nitrogen and oxygen atoms in total. The van der Waals surface area contributed by atoms with Crippen LogP contribution < -0.4 is 0 Å². The van der Waals surface area contributed by atoms with Crippen molar-refractivity contribution in [2.24, 2.45) is 0 Å². The van der Waals surface area contributed by atoms with Gasteiger partial charge >= 0.3 is 5.97 Å². The van der Waals surface area contributed by atoms with E-state index in [-0.39, 0.29) is 19.8 Å². The Morgan fingerprint density at radius 1 is 0.941 bits per heavy atom. The lowest BCUT2D eigenvalue weighted by Crippen LogP contribution is -2.31. The van der Waals surface area contributed by atoms with Crippen LogP contribution in [0.25, 0.3) is 0 Å². The molecule has 0 saturated heterocycles. The lowest BCUT2D eigenvalue weighted by Gasteiger charge is -2.14. The molecule has 0 aromatic rings. The van der Waals surface area contributed by atoms with Crippen molar-refractivity contribution < 1.29 is 28.6 Å².